The summed E-state index contributed by atoms with van der Waals surface area (Å²) in [6.07, 6.45) is 4.27. The van der Waals surface area contributed by atoms with Crippen LogP contribution in [0.25, 0.3) is 0 Å². The Balaban J connectivity index is 1.80. The molecule has 0 bridgehead atoms. The Labute approximate surface area is 151 Å². The summed E-state index contributed by atoms with van der Waals surface area (Å²) in [7, 11) is 3.54. The predicted molar refractivity (Wildman–Crippen MR) is 95.1 cm³/mol. The van der Waals surface area contributed by atoms with Gasteiger partial charge in [-0.1, -0.05) is 28.8 Å². The van der Waals surface area contributed by atoms with Crippen LogP contribution in [0.5, 0.6) is 5.75 Å². The van der Waals surface area contributed by atoms with E-state index < -0.39 is 0 Å². The standard InChI is InChI=1S/C17H24BrN3O3/c1-21(10-12-9-13(18)7-8-15(12)24-2)11-16(22)20-17(23)19-14-5-3-4-6-14/h7-9,14H,3-6,10-11H2,1-2H3,(H2,19,20,22,23)/p+1. The second-order valence-electron chi connectivity index (χ2n) is 6.27. The van der Waals surface area contributed by atoms with Crippen LogP contribution in [0.15, 0.2) is 22.7 Å². The fourth-order valence-corrected chi connectivity index (χ4v) is 3.42. The molecule has 1 atom stereocenters. The molecule has 3 N–H and O–H groups in total. The van der Waals surface area contributed by atoms with E-state index in [1.54, 1.807) is 7.11 Å². The number of nitrogens with one attached hydrogen (secondary N) is 3. The fourth-order valence-electron chi connectivity index (χ4n) is 3.01. The number of rotatable bonds is 6. The quantitative estimate of drug-likeness (QED) is 0.674. The van der Waals surface area contributed by atoms with Crippen LogP contribution in [-0.4, -0.2) is 38.7 Å². The first-order valence-electron chi connectivity index (χ1n) is 8.22. The number of halogens is 1. The number of imide groups is 1. The predicted octanol–water partition coefficient (Wildman–Crippen LogP) is 1.24. The number of benzene rings is 1. The molecule has 1 saturated carbocycles. The number of methoxy groups -OCH3 is 1. The van der Waals surface area contributed by atoms with Gasteiger partial charge in [0.2, 0.25) is 0 Å². The number of likely N-dealkylation sites (N-methyl/N-ethyl adjacent to an activating group) is 1. The van der Waals surface area contributed by atoms with Gasteiger partial charge in [-0.3, -0.25) is 10.1 Å². The van der Waals surface area contributed by atoms with Gasteiger partial charge in [0, 0.05) is 16.1 Å². The summed E-state index contributed by atoms with van der Waals surface area (Å²) in [5.74, 6) is 0.508. The molecule has 0 saturated heterocycles. The number of hydrogen-bond donors (Lipinski definition) is 3. The Bertz CT molecular complexity index is 588. The van der Waals surface area contributed by atoms with Crippen LogP contribution in [0.3, 0.4) is 0 Å². The second kappa shape index (κ2) is 9.03. The number of carbonyl (C=O) groups is 2. The van der Waals surface area contributed by atoms with Gasteiger partial charge in [-0.25, -0.2) is 4.79 Å². The topological polar surface area (TPSA) is 71.9 Å². The smallest absolute Gasteiger partial charge is 0.321 e. The first-order chi connectivity index (χ1) is 11.5. The summed E-state index contributed by atoms with van der Waals surface area (Å²) in [5.41, 5.74) is 1.01. The van der Waals surface area contributed by atoms with Crippen molar-refractivity contribution >= 4 is 27.9 Å². The Kier molecular flexibility index (Phi) is 7.05. The van der Waals surface area contributed by atoms with E-state index in [-0.39, 0.29) is 24.5 Å². The zero-order chi connectivity index (χ0) is 17.5. The van der Waals surface area contributed by atoms with Gasteiger partial charge in [-0.05, 0) is 31.0 Å². The minimum Gasteiger partial charge on any atom is -0.496 e. The third-order valence-electron chi connectivity index (χ3n) is 4.14. The zero-order valence-corrected chi connectivity index (χ0v) is 15.7. The summed E-state index contributed by atoms with van der Waals surface area (Å²) < 4.78 is 6.31. The fraction of sp³-hybridized carbons (Fsp3) is 0.529. The maximum atomic E-state index is 12.0. The van der Waals surface area contributed by atoms with Gasteiger partial charge in [-0.2, -0.15) is 0 Å². The van der Waals surface area contributed by atoms with Crippen LogP contribution in [0.2, 0.25) is 0 Å². The minimum absolute atomic E-state index is 0.203. The Hall–Kier alpha value is -1.60. The number of urea groups is 1. The van der Waals surface area contributed by atoms with Gasteiger partial charge >= 0.3 is 6.03 Å². The maximum Gasteiger partial charge on any atom is 0.321 e. The summed E-state index contributed by atoms with van der Waals surface area (Å²) in [6, 6.07) is 5.60. The normalized spacial score (nSPS) is 15.8. The molecule has 0 aromatic heterocycles. The van der Waals surface area contributed by atoms with Crippen LogP contribution in [0.1, 0.15) is 31.2 Å². The average molecular weight is 399 g/mol. The van der Waals surface area contributed by atoms with Crippen molar-refractivity contribution in [3.63, 3.8) is 0 Å². The van der Waals surface area contributed by atoms with E-state index in [0.29, 0.717) is 6.54 Å². The molecule has 0 radical (unpaired) electrons. The molecule has 24 heavy (non-hydrogen) atoms. The molecule has 3 amide bonds. The van der Waals surface area contributed by atoms with Crippen LogP contribution in [-0.2, 0) is 11.3 Å². The Morgan fingerprint density at radius 3 is 2.71 bits per heavy atom. The van der Waals surface area contributed by atoms with E-state index in [4.69, 9.17) is 4.74 Å². The van der Waals surface area contributed by atoms with E-state index in [0.717, 1.165) is 46.4 Å². The van der Waals surface area contributed by atoms with Crippen LogP contribution >= 0.6 is 15.9 Å². The van der Waals surface area contributed by atoms with Gasteiger partial charge in [0.15, 0.2) is 6.54 Å². The number of ether oxygens (including phenoxy) is 1. The van der Waals surface area contributed by atoms with Crippen molar-refractivity contribution in [1.29, 1.82) is 0 Å². The third kappa shape index (κ3) is 5.79. The van der Waals surface area contributed by atoms with Crippen LogP contribution in [0.4, 0.5) is 4.79 Å². The molecule has 2 rings (SSSR count). The first kappa shape index (κ1) is 18.7. The van der Waals surface area contributed by atoms with Crippen molar-refractivity contribution in [3.05, 3.63) is 28.2 Å². The molecule has 0 aliphatic heterocycles. The molecule has 1 fully saturated rings. The van der Waals surface area contributed by atoms with Gasteiger partial charge in [0.05, 0.1) is 14.2 Å². The average Bonchev–Trinajstić information content (AvgIpc) is 2.99. The summed E-state index contributed by atoms with van der Waals surface area (Å²) in [5, 5.41) is 5.27. The van der Waals surface area contributed by atoms with E-state index in [2.05, 4.69) is 26.6 Å². The minimum atomic E-state index is -0.389. The van der Waals surface area contributed by atoms with Gasteiger partial charge < -0.3 is 15.0 Å². The SMILES string of the molecule is COc1ccc(Br)cc1C[NH+](C)CC(=O)NC(=O)NC1CCCC1. The molecule has 132 valence electrons. The molecule has 7 heteroatoms. The lowest BCUT2D eigenvalue weighted by atomic mass is 10.2. The highest BCUT2D eigenvalue weighted by molar-refractivity contribution is 9.10. The highest BCUT2D eigenvalue weighted by Gasteiger charge is 2.20. The van der Waals surface area contributed by atoms with Gasteiger partial charge in [0.1, 0.15) is 12.3 Å². The molecule has 1 unspecified atom stereocenters. The van der Waals surface area contributed by atoms with Crippen molar-refractivity contribution in [1.82, 2.24) is 10.6 Å². The summed E-state index contributed by atoms with van der Waals surface area (Å²) in [6.45, 7) is 0.841. The Morgan fingerprint density at radius 2 is 2.04 bits per heavy atom. The summed E-state index contributed by atoms with van der Waals surface area (Å²) >= 11 is 3.44. The first-order valence-corrected chi connectivity index (χ1v) is 9.01. The lowest BCUT2D eigenvalue weighted by Crippen LogP contribution is -3.09. The summed E-state index contributed by atoms with van der Waals surface area (Å²) in [4.78, 5) is 24.8. The molecule has 1 aromatic rings. The highest BCUT2D eigenvalue weighted by atomic mass is 79.9. The monoisotopic (exact) mass is 398 g/mol. The molecule has 0 spiro atoms. The lowest BCUT2D eigenvalue weighted by Gasteiger charge is -2.16. The maximum absolute atomic E-state index is 12.0. The molecule has 6 nitrogen and oxygen atoms in total. The molecule has 0 heterocycles. The largest absolute Gasteiger partial charge is 0.496 e. The van der Waals surface area contributed by atoms with Crippen molar-refractivity contribution in [2.45, 2.75) is 38.3 Å². The highest BCUT2D eigenvalue weighted by Crippen LogP contribution is 2.22. The lowest BCUT2D eigenvalue weighted by molar-refractivity contribution is -0.885. The molecular weight excluding hydrogens is 374 g/mol. The van der Waals surface area contributed by atoms with E-state index in [1.165, 1.54) is 0 Å². The van der Waals surface area contributed by atoms with Crippen LogP contribution < -0.4 is 20.3 Å². The van der Waals surface area contributed by atoms with E-state index in [1.807, 2.05) is 25.2 Å². The van der Waals surface area contributed by atoms with Crippen LogP contribution in [0, 0.1) is 0 Å². The van der Waals surface area contributed by atoms with Crippen molar-refractivity contribution in [2.75, 3.05) is 20.7 Å². The zero-order valence-electron chi connectivity index (χ0n) is 14.2. The second-order valence-corrected chi connectivity index (χ2v) is 7.19. The van der Waals surface area contributed by atoms with Gasteiger partial charge in [0.25, 0.3) is 5.91 Å². The van der Waals surface area contributed by atoms with Crippen molar-refractivity contribution in [3.8, 4) is 5.75 Å². The molecular formula is C17H25BrN3O3+. The Morgan fingerprint density at radius 1 is 1.33 bits per heavy atom. The van der Waals surface area contributed by atoms with E-state index in [9.17, 15) is 9.59 Å². The number of quaternary nitrogens is 1. The molecule has 1 aliphatic carbocycles. The molecule has 1 aliphatic rings. The third-order valence-corrected chi connectivity index (χ3v) is 4.63. The number of amides is 3. The van der Waals surface area contributed by atoms with E-state index >= 15 is 0 Å². The van der Waals surface area contributed by atoms with Crippen molar-refractivity contribution in [2.24, 2.45) is 0 Å². The van der Waals surface area contributed by atoms with Crippen molar-refractivity contribution < 1.29 is 19.2 Å². The van der Waals surface area contributed by atoms with Gasteiger partial charge in [-0.15, -0.1) is 0 Å². The molecule has 1 aromatic carbocycles. The number of carbonyl (C=O) groups excluding carboxylic acids is 2. The number of hydrogen-bond acceptors (Lipinski definition) is 3.